The summed E-state index contributed by atoms with van der Waals surface area (Å²) in [5.41, 5.74) is 0. The molecule has 0 atom stereocenters. The summed E-state index contributed by atoms with van der Waals surface area (Å²) >= 11 is 0. The molecular weight excluding hydrogens is 186 g/mol. The number of halogens is 2. The molecule has 0 spiro atoms. The zero-order valence-electron chi connectivity index (χ0n) is 8.23. The Bertz CT molecular complexity index is 230. The normalized spacial score (nSPS) is 27.4. The average molecular weight is 202 g/mol. The van der Waals surface area contributed by atoms with E-state index in [0.717, 1.165) is 31.6 Å². The first kappa shape index (κ1) is 9.87. The van der Waals surface area contributed by atoms with Crippen LogP contribution in [-0.4, -0.2) is 24.3 Å². The van der Waals surface area contributed by atoms with Gasteiger partial charge in [0.2, 0.25) is 0 Å². The molecule has 2 rings (SSSR count). The van der Waals surface area contributed by atoms with E-state index in [1.54, 1.807) is 0 Å². The van der Waals surface area contributed by atoms with Crippen molar-refractivity contribution in [2.24, 2.45) is 4.99 Å². The summed E-state index contributed by atoms with van der Waals surface area (Å²) in [7, 11) is 0. The first-order valence-electron chi connectivity index (χ1n) is 5.33. The largest absolute Gasteiger partial charge is 0.371 e. The molecule has 14 heavy (non-hydrogen) atoms. The Balaban J connectivity index is 1.77. The van der Waals surface area contributed by atoms with E-state index in [0.29, 0.717) is 0 Å². The quantitative estimate of drug-likeness (QED) is 0.693. The number of aliphatic imine (C=N–C) groups is 1. The zero-order valence-corrected chi connectivity index (χ0v) is 8.23. The molecule has 1 aliphatic carbocycles. The number of nitrogens with zero attached hydrogens (tertiary/aromatic N) is 1. The van der Waals surface area contributed by atoms with Gasteiger partial charge in [-0.3, -0.25) is 4.99 Å². The summed E-state index contributed by atoms with van der Waals surface area (Å²) in [5.74, 6) is -1.48. The highest BCUT2D eigenvalue weighted by atomic mass is 19.3. The van der Waals surface area contributed by atoms with Crippen molar-refractivity contribution < 1.29 is 8.78 Å². The molecule has 0 aromatic carbocycles. The van der Waals surface area contributed by atoms with E-state index in [1.165, 1.54) is 6.42 Å². The van der Waals surface area contributed by atoms with Crippen LogP contribution in [0.5, 0.6) is 0 Å². The van der Waals surface area contributed by atoms with Crippen molar-refractivity contribution in [1.29, 1.82) is 0 Å². The van der Waals surface area contributed by atoms with Gasteiger partial charge in [-0.1, -0.05) is 6.42 Å². The van der Waals surface area contributed by atoms with Gasteiger partial charge in [0.15, 0.2) is 0 Å². The standard InChI is InChI=1S/C10H16F2N2/c11-10(12)6-8(7-10)14-9-4-2-1-3-5-13-9/h8H,1-7H2,(H,13,14). The molecule has 0 bridgehead atoms. The molecule has 1 heterocycles. The maximum atomic E-state index is 12.5. The van der Waals surface area contributed by atoms with Crippen molar-refractivity contribution >= 4 is 5.84 Å². The monoisotopic (exact) mass is 202 g/mol. The second-order valence-corrected chi connectivity index (χ2v) is 4.24. The van der Waals surface area contributed by atoms with Gasteiger partial charge in [0.25, 0.3) is 5.92 Å². The van der Waals surface area contributed by atoms with Crippen molar-refractivity contribution in [3.63, 3.8) is 0 Å². The predicted molar refractivity (Wildman–Crippen MR) is 51.9 cm³/mol. The molecule has 1 aliphatic heterocycles. The Morgan fingerprint density at radius 3 is 2.71 bits per heavy atom. The van der Waals surface area contributed by atoms with Gasteiger partial charge in [-0.2, -0.15) is 0 Å². The van der Waals surface area contributed by atoms with Crippen molar-refractivity contribution in [2.75, 3.05) is 6.54 Å². The van der Waals surface area contributed by atoms with Crippen LogP contribution in [0, 0.1) is 0 Å². The lowest BCUT2D eigenvalue weighted by Crippen LogP contribution is -2.50. The molecule has 1 fully saturated rings. The fourth-order valence-corrected chi connectivity index (χ4v) is 1.99. The number of hydrogen-bond acceptors (Lipinski definition) is 2. The highest BCUT2D eigenvalue weighted by Crippen LogP contribution is 2.37. The van der Waals surface area contributed by atoms with Crippen LogP contribution in [-0.2, 0) is 0 Å². The molecule has 1 saturated carbocycles. The average Bonchev–Trinajstić information content (AvgIpc) is 2.29. The van der Waals surface area contributed by atoms with Gasteiger partial charge >= 0.3 is 0 Å². The zero-order chi connectivity index (χ0) is 10.0. The molecule has 2 nitrogen and oxygen atoms in total. The molecule has 0 unspecified atom stereocenters. The third-order valence-electron chi connectivity index (χ3n) is 2.84. The summed E-state index contributed by atoms with van der Waals surface area (Å²) in [5, 5.41) is 3.12. The number of alkyl halides is 2. The van der Waals surface area contributed by atoms with Gasteiger partial charge in [0.05, 0.1) is 5.84 Å². The summed E-state index contributed by atoms with van der Waals surface area (Å²) < 4.78 is 25.1. The molecule has 0 aromatic rings. The van der Waals surface area contributed by atoms with Crippen LogP contribution >= 0.6 is 0 Å². The third-order valence-corrected chi connectivity index (χ3v) is 2.84. The minimum Gasteiger partial charge on any atom is -0.371 e. The molecule has 4 heteroatoms. The van der Waals surface area contributed by atoms with Crippen LogP contribution in [0.4, 0.5) is 8.78 Å². The summed E-state index contributed by atoms with van der Waals surface area (Å²) in [6.07, 6.45) is 4.36. The smallest absolute Gasteiger partial charge is 0.252 e. The molecule has 0 saturated heterocycles. The Kier molecular flexibility index (Phi) is 2.70. The van der Waals surface area contributed by atoms with E-state index < -0.39 is 5.92 Å². The van der Waals surface area contributed by atoms with Crippen LogP contribution in [0.2, 0.25) is 0 Å². The molecule has 0 amide bonds. The highest BCUT2D eigenvalue weighted by molar-refractivity contribution is 5.82. The van der Waals surface area contributed by atoms with E-state index in [2.05, 4.69) is 10.3 Å². The van der Waals surface area contributed by atoms with E-state index in [4.69, 9.17) is 0 Å². The molecule has 2 aliphatic rings. The molecule has 1 N–H and O–H groups in total. The fourth-order valence-electron chi connectivity index (χ4n) is 1.99. The lowest BCUT2D eigenvalue weighted by molar-refractivity contribution is -0.0886. The number of hydrogen-bond donors (Lipinski definition) is 1. The van der Waals surface area contributed by atoms with Crippen molar-refractivity contribution in [3.05, 3.63) is 0 Å². The Morgan fingerprint density at radius 1 is 1.21 bits per heavy atom. The minimum atomic E-state index is -2.43. The highest BCUT2D eigenvalue weighted by Gasteiger charge is 2.45. The molecule has 0 aromatic heterocycles. The number of nitrogens with one attached hydrogen (secondary N) is 1. The first-order chi connectivity index (χ1) is 6.66. The van der Waals surface area contributed by atoms with Gasteiger partial charge in [0.1, 0.15) is 0 Å². The number of amidine groups is 1. The maximum absolute atomic E-state index is 12.5. The van der Waals surface area contributed by atoms with Crippen LogP contribution in [0.3, 0.4) is 0 Å². The van der Waals surface area contributed by atoms with Crippen molar-refractivity contribution in [2.45, 2.75) is 50.5 Å². The summed E-state index contributed by atoms with van der Waals surface area (Å²) in [4.78, 5) is 4.35. The van der Waals surface area contributed by atoms with E-state index in [9.17, 15) is 8.78 Å². The van der Waals surface area contributed by atoms with Crippen molar-refractivity contribution in [3.8, 4) is 0 Å². The second-order valence-electron chi connectivity index (χ2n) is 4.24. The second kappa shape index (κ2) is 3.83. The Morgan fingerprint density at radius 2 is 2.00 bits per heavy atom. The third kappa shape index (κ3) is 2.42. The molecule has 80 valence electrons. The van der Waals surface area contributed by atoms with E-state index in [1.807, 2.05) is 0 Å². The lowest BCUT2D eigenvalue weighted by Gasteiger charge is -2.36. The summed E-state index contributed by atoms with van der Waals surface area (Å²) in [6, 6.07) is -0.0400. The van der Waals surface area contributed by atoms with Crippen molar-refractivity contribution in [1.82, 2.24) is 5.32 Å². The van der Waals surface area contributed by atoms with Gasteiger partial charge in [-0.25, -0.2) is 8.78 Å². The Labute approximate surface area is 82.8 Å². The van der Waals surface area contributed by atoms with Gasteiger partial charge in [-0.15, -0.1) is 0 Å². The van der Waals surface area contributed by atoms with E-state index in [-0.39, 0.29) is 18.9 Å². The fraction of sp³-hybridized carbons (Fsp3) is 0.900. The first-order valence-corrected chi connectivity index (χ1v) is 5.33. The van der Waals surface area contributed by atoms with Crippen LogP contribution < -0.4 is 5.32 Å². The van der Waals surface area contributed by atoms with Crippen LogP contribution in [0.25, 0.3) is 0 Å². The topological polar surface area (TPSA) is 24.4 Å². The Hall–Kier alpha value is -0.670. The minimum absolute atomic E-state index is 0.0218. The summed E-state index contributed by atoms with van der Waals surface area (Å²) in [6.45, 7) is 0.853. The van der Waals surface area contributed by atoms with Crippen LogP contribution in [0.15, 0.2) is 4.99 Å². The van der Waals surface area contributed by atoms with Crippen LogP contribution in [0.1, 0.15) is 38.5 Å². The number of rotatable bonds is 1. The predicted octanol–water partition coefficient (Wildman–Crippen LogP) is 2.35. The molecular formula is C10H16F2N2. The molecule has 0 radical (unpaired) electrons. The SMILES string of the molecule is FC1(F)CC(NC2=NCCCCC2)C1. The lowest BCUT2D eigenvalue weighted by atomic mass is 9.88. The van der Waals surface area contributed by atoms with Gasteiger partial charge < -0.3 is 5.32 Å². The van der Waals surface area contributed by atoms with Gasteiger partial charge in [-0.05, 0) is 12.8 Å². The van der Waals surface area contributed by atoms with Gasteiger partial charge in [0, 0.05) is 31.8 Å². The van der Waals surface area contributed by atoms with E-state index >= 15 is 0 Å². The maximum Gasteiger partial charge on any atom is 0.252 e.